The lowest BCUT2D eigenvalue weighted by Gasteiger charge is -2.36. The van der Waals surface area contributed by atoms with Crippen molar-refractivity contribution in [2.45, 2.75) is 52.0 Å². The van der Waals surface area contributed by atoms with Crippen LogP contribution in [0.2, 0.25) is 0 Å². The molecule has 8 heteroatoms. The Bertz CT molecular complexity index is 1260. The Morgan fingerprint density at radius 1 is 1.08 bits per heavy atom. The molecule has 2 aliphatic carbocycles. The topological polar surface area (TPSA) is 85.5 Å². The van der Waals surface area contributed by atoms with Gasteiger partial charge in [-0.2, -0.15) is 0 Å². The average Bonchev–Trinajstić information content (AvgIpc) is 3.65. The number of hydrogen-bond donors (Lipinski definition) is 3. The number of imidazole rings is 1. The van der Waals surface area contributed by atoms with Crippen molar-refractivity contribution in [2.24, 2.45) is 17.8 Å². The highest BCUT2D eigenvalue weighted by Gasteiger charge is 2.40. The van der Waals surface area contributed by atoms with Crippen LogP contribution in [0.15, 0.2) is 42.5 Å². The summed E-state index contributed by atoms with van der Waals surface area (Å²) in [6.45, 7) is 9.96. The van der Waals surface area contributed by atoms with E-state index in [0.29, 0.717) is 24.5 Å². The van der Waals surface area contributed by atoms with Crippen molar-refractivity contribution >= 4 is 28.4 Å². The largest absolute Gasteiger partial charge is 0.492 e. The van der Waals surface area contributed by atoms with Crippen LogP contribution in [-0.4, -0.2) is 66.3 Å². The van der Waals surface area contributed by atoms with Gasteiger partial charge < -0.3 is 25.3 Å². The van der Waals surface area contributed by atoms with E-state index >= 15 is 0 Å². The van der Waals surface area contributed by atoms with Crippen LogP contribution in [0.25, 0.3) is 11.0 Å². The van der Waals surface area contributed by atoms with Crippen molar-refractivity contribution in [3.63, 3.8) is 0 Å². The van der Waals surface area contributed by atoms with Gasteiger partial charge in [-0.1, -0.05) is 26.3 Å². The van der Waals surface area contributed by atoms with E-state index in [4.69, 9.17) is 9.72 Å². The molecule has 3 N–H and O–H groups in total. The number of ether oxygens (including phenoxy) is 1. The summed E-state index contributed by atoms with van der Waals surface area (Å²) in [5.41, 5.74) is 4.24. The molecular formula is C31H42N6O2. The number of fused-ring (bicyclic) bond motifs is 3. The first-order chi connectivity index (χ1) is 19.0. The van der Waals surface area contributed by atoms with Crippen molar-refractivity contribution < 1.29 is 9.53 Å². The monoisotopic (exact) mass is 530 g/mol. The van der Waals surface area contributed by atoms with E-state index in [0.717, 1.165) is 79.8 Å². The quantitative estimate of drug-likeness (QED) is 0.351. The molecule has 1 aromatic heterocycles. The molecule has 1 saturated heterocycles. The zero-order valence-electron chi connectivity index (χ0n) is 23.3. The number of aromatic nitrogens is 2. The fraction of sp³-hybridized carbons (Fsp3) is 0.548. The Morgan fingerprint density at radius 3 is 2.62 bits per heavy atom. The molecule has 39 heavy (non-hydrogen) atoms. The molecule has 2 bridgehead atoms. The van der Waals surface area contributed by atoms with Gasteiger partial charge >= 0.3 is 6.03 Å². The number of benzene rings is 2. The lowest BCUT2D eigenvalue weighted by atomic mass is 9.95. The third-order valence-electron chi connectivity index (χ3n) is 8.70. The van der Waals surface area contributed by atoms with Crippen LogP contribution < -0.4 is 20.3 Å². The van der Waals surface area contributed by atoms with Crippen molar-refractivity contribution in [1.29, 1.82) is 0 Å². The van der Waals surface area contributed by atoms with E-state index < -0.39 is 0 Å². The number of anilines is 2. The summed E-state index contributed by atoms with van der Waals surface area (Å²) >= 11 is 0. The van der Waals surface area contributed by atoms with Gasteiger partial charge in [-0.3, -0.25) is 4.90 Å². The average molecular weight is 531 g/mol. The highest BCUT2D eigenvalue weighted by atomic mass is 16.5. The summed E-state index contributed by atoms with van der Waals surface area (Å²) in [5, 5.41) is 6.15. The molecule has 3 aliphatic rings. The molecule has 8 nitrogen and oxygen atoms in total. The van der Waals surface area contributed by atoms with Crippen LogP contribution in [0, 0.1) is 17.8 Å². The zero-order chi connectivity index (χ0) is 26.8. The predicted octanol–water partition coefficient (Wildman–Crippen LogP) is 5.27. The van der Waals surface area contributed by atoms with E-state index in [2.05, 4.69) is 57.5 Å². The molecule has 6 rings (SSSR count). The first-order valence-corrected chi connectivity index (χ1v) is 14.8. The van der Waals surface area contributed by atoms with Crippen LogP contribution in [0.4, 0.5) is 16.2 Å². The summed E-state index contributed by atoms with van der Waals surface area (Å²) in [6.07, 6.45) is 5.99. The number of amides is 2. The van der Waals surface area contributed by atoms with Gasteiger partial charge in [0.1, 0.15) is 23.7 Å². The first kappa shape index (κ1) is 26.0. The van der Waals surface area contributed by atoms with Gasteiger partial charge in [0.2, 0.25) is 0 Å². The molecular weight excluding hydrogens is 488 g/mol. The molecule has 2 aromatic carbocycles. The van der Waals surface area contributed by atoms with Gasteiger partial charge in [0.15, 0.2) is 0 Å². The summed E-state index contributed by atoms with van der Waals surface area (Å²) in [7, 11) is 0. The molecule has 2 amide bonds. The second kappa shape index (κ2) is 11.5. The van der Waals surface area contributed by atoms with Crippen molar-refractivity contribution in [2.75, 3.05) is 49.5 Å². The van der Waals surface area contributed by atoms with Crippen LogP contribution in [0.5, 0.6) is 5.75 Å². The standard InChI is InChI=1S/C31H42N6O2/c1-21(2)18-29-33-26-4-3-5-28(30(26)35-29)37-14-12-36(13-15-37)16-17-39-25-10-8-24(9-11-25)32-31(38)34-27-20-22-6-7-23(27)19-22/h3-5,8-11,21-23,27H,6-7,12-20H2,1-2H3,(H,33,35)(H2,32,34,38). The third kappa shape index (κ3) is 6.16. The summed E-state index contributed by atoms with van der Waals surface area (Å²) in [6, 6.07) is 14.4. The minimum Gasteiger partial charge on any atom is -0.492 e. The third-order valence-corrected chi connectivity index (χ3v) is 8.70. The minimum atomic E-state index is -0.0973. The predicted molar refractivity (Wildman–Crippen MR) is 157 cm³/mol. The summed E-state index contributed by atoms with van der Waals surface area (Å²) in [4.78, 5) is 25.8. The van der Waals surface area contributed by atoms with Crippen LogP contribution in [0.3, 0.4) is 0 Å². The fourth-order valence-electron chi connectivity index (χ4n) is 6.70. The fourth-order valence-corrected chi connectivity index (χ4v) is 6.70. The molecule has 2 saturated carbocycles. The second-order valence-corrected chi connectivity index (χ2v) is 12.0. The number of para-hydroxylation sites is 1. The molecule has 0 spiro atoms. The maximum Gasteiger partial charge on any atom is 0.319 e. The molecule has 208 valence electrons. The van der Waals surface area contributed by atoms with E-state index in [-0.39, 0.29) is 6.03 Å². The number of rotatable bonds is 9. The van der Waals surface area contributed by atoms with Gasteiger partial charge in [-0.25, -0.2) is 9.78 Å². The Hall–Kier alpha value is -3.26. The SMILES string of the molecule is CC(C)Cc1nc2c(N3CCN(CCOc4ccc(NC(=O)NC5CC6CCC5C6)cc4)CC3)cccc2[nH]1. The number of nitrogens with zero attached hydrogens (tertiary/aromatic N) is 3. The molecule has 2 heterocycles. The van der Waals surface area contributed by atoms with Gasteiger partial charge in [-0.05, 0) is 73.4 Å². The lowest BCUT2D eigenvalue weighted by molar-refractivity contribution is 0.200. The highest BCUT2D eigenvalue weighted by Crippen LogP contribution is 2.44. The number of carbonyl (C=O) groups excluding carboxylic acids is 1. The molecule has 1 aliphatic heterocycles. The number of H-pyrrole nitrogens is 1. The molecule has 0 radical (unpaired) electrons. The maximum atomic E-state index is 12.4. The number of urea groups is 1. The minimum absolute atomic E-state index is 0.0973. The normalized spacial score (nSPS) is 23.1. The van der Waals surface area contributed by atoms with E-state index in [1.165, 1.54) is 24.9 Å². The highest BCUT2D eigenvalue weighted by molar-refractivity contribution is 5.90. The second-order valence-electron chi connectivity index (χ2n) is 12.0. The number of piperazine rings is 1. The number of carbonyl (C=O) groups is 1. The first-order valence-electron chi connectivity index (χ1n) is 14.8. The number of nitrogens with one attached hydrogen (secondary N) is 3. The molecule has 3 aromatic rings. The van der Waals surface area contributed by atoms with Gasteiger partial charge in [0, 0.05) is 50.9 Å². The van der Waals surface area contributed by atoms with E-state index in [1.54, 1.807) is 0 Å². The van der Waals surface area contributed by atoms with Gasteiger partial charge in [0.05, 0.1) is 11.2 Å². The Kier molecular flexibility index (Phi) is 7.64. The molecule has 3 fully saturated rings. The lowest BCUT2D eigenvalue weighted by Crippen LogP contribution is -2.47. The smallest absolute Gasteiger partial charge is 0.319 e. The Balaban J connectivity index is 0.929. The molecule has 3 atom stereocenters. The van der Waals surface area contributed by atoms with E-state index in [1.807, 2.05) is 24.3 Å². The Morgan fingerprint density at radius 2 is 1.90 bits per heavy atom. The maximum absolute atomic E-state index is 12.4. The molecule has 3 unspecified atom stereocenters. The van der Waals surface area contributed by atoms with E-state index in [9.17, 15) is 4.79 Å². The van der Waals surface area contributed by atoms with Gasteiger partial charge in [0.25, 0.3) is 0 Å². The van der Waals surface area contributed by atoms with Crippen LogP contribution >= 0.6 is 0 Å². The number of aromatic amines is 1. The van der Waals surface area contributed by atoms with Crippen molar-refractivity contribution in [3.8, 4) is 5.75 Å². The Labute approximate surface area is 231 Å². The van der Waals surface area contributed by atoms with Crippen molar-refractivity contribution in [3.05, 3.63) is 48.3 Å². The van der Waals surface area contributed by atoms with Crippen LogP contribution in [0.1, 0.15) is 45.4 Å². The van der Waals surface area contributed by atoms with Crippen molar-refractivity contribution in [1.82, 2.24) is 20.2 Å². The van der Waals surface area contributed by atoms with Crippen LogP contribution in [-0.2, 0) is 6.42 Å². The summed E-state index contributed by atoms with van der Waals surface area (Å²) in [5.74, 6) is 3.98. The van der Waals surface area contributed by atoms with Gasteiger partial charge in [-0.15, -0.1) is 0 Å². The summed E-state index contributed by atoms with van der Waals surface area (Å²) < 4.78 is 6.02. The zero-order valence-corrected chi connectivity index (χ0v) is 23.3. The number of hydrogen-bond acceptors (Lipinski definition) is 5.